The summed E-state index contributed by atoms with van der Waals surface area (Å²) in [5.41, 5.74) is 2.72. The Morgan fingerprint density at radius 2 is 1.76 bits per heavy atom. The van der Waals surface area contributed by atoms with Crippen LogP contribution in [0.3, 0.4) is 0 Å². The summed E-state index contributed by atoms with van der Waals surface area (Å²) in [7, 11) is 1.62. The van der Waals surface area contributed by atoms with Crippen molar-refractivity contribution >= 4 is 22.6 Å². The largest absolute Gasteiger partial charge is 0.497 e. The van der Waals surface area contributed by atoms with Gasteiger partial charge in [-0.2, -0.15) is 0 Å². The molecule has 8 nitrogen and oxygen atoms in total. The molecule has 0 atom stereocenters. The van der Waals surface area contributed by atoms with Crippen molar-refractivity contribution in [2.45, 2.75) is 0 Å². The highest BCUT2D eigenvalue weighted by Crippen LogP contribution is 2.24. The van der Waals surface area contributed by atoms with E-state index in [0.717, 1.165) is 22.7 Å². The van der Waals surface area contributed by atoms with Crippen LogP contribution in [0.15, 0.2) is 94.3 Å². The van der Waals surface area contributed by atoms with Crippen LogP contribution in [0.2, 0.25) is 0 Å². The summed E-state index contributed by atoms with van der Waals surface area (Å²) in [6.45, 7) is 0. The Bertz CT molecular complexity index is 1500. The molecule has 0 fully saturated rings. The lowest BCUT2D eigenvalue weighted by molar-refractivity contribution is 0.102. The third-order valence-electron chi connectivity index (χ3n) is 5.19. The van der Waals surface area contributed by atoms with Crippen LogP contribution < -0.4 is 15.7 Å². The van der Waals surface area contributed by atoms with Gasteiger partial charge in [-0.3, -0.25) is 4.79 Å². The molecule has 3 aromatic carbocycles. The zero-order valence-electron chi connectivity index (χ0n) is 17.6. The molecule has 33 heavy (non-hydrogen) atoms. The molecule has 0 aliphatic rings. The highest BCUT2D eigenvalue weighted by Gasteiger charge is 2.14. The quantitative estimate of drug-likeness (QED) is 0.411. The van der Waals surface area contributed by atoms with E-state index in [-0.39, 0.29) is 5.56 Å². The van der Waals surface area contributed by atoms with Gasteiger partial charge in [-0.05, 0) is 60.7 Å². The number of ether oxygens (including phenoxy) is 1. The minimum Gasteiger partial charge on any atom is -0.497 e. The second kappa shape index (κ2) is 8.43. The third kappa shape index (κ3) is 3.97. The predicted octanol–water partition coefficient (Wildman–Crippen LogP) is 4.30. The molecular formula is C25H18N4O4. The average molecular weight is 438 g/mol. The van der Waals surface area contributed by atoms with Gasteiger partial charge in [0.05, 0.1) is 24.7 Å². The first-order chi connectivity index (χ1) is 16.1. The zero-order chi connectivity index (χ0) is 22.8. The van der Waals surface area contributed by atoms with Crippen molar-refractivity contribution in [1.29, 1.82) is 0 Å². The first-order valence-corrected chi connectivity index (χ1v) is 10.1. The number of methoxy groups -OCH3 is 1. The number of aromatic nitrogens is 3. The fraction of sp³-hybridized carbons (Fsp3) is 0.0400. The minimum atomic E-state index is -0.686. The Hall–Kier alpha value is -4.72. The van der Waals surface area contributed by atoms with Crippen molar-refractivity contribution in [3.05, 3.63) is 101 Å². The van der Waals surface area contributed by atoms with Crippen molar-refractivity contribution in [2.75, 3.05) is 12.4 Å². The van der Waals surface area contributed by atoms with Crippen molar-refractivity contribution in [3.8, 4) is 22.7 Å². The molecule has 0 radical (unpaired) electrons. The Labute approximate surface area is 188 Å². The van der Waals surface area contributed by atoms with Crippen molar-refractivity contribution in [1.82, 2.24) is 15.0 Å². The van der Waals surface area contributed by atoms with Crippen LogP contribution in [0, 0.1) is 0 Å². The summed E-state index contributed by atoms with van der Waals surface area (Å²) >= 11 is 0. The van der Waals surface area contributed by atoms with Crippen molar-refractivity contribution in [3.63, 3.8) is 0 Å². The van der Waals surface area contributed by atoms with Crippen LogP contribution in [0.4, 0.5) is 5.69 Å². The predicted molar refractivity (Wildman–Crippen MR) is 124 cm³/mol. The molecule has 1 amide bonds. The summed E-state index contributed by atoms with van der Waals surface area (Å²) in [5.74, 6) is 0.222. The normalized spacial score (nSPS) is 10.8. The van der Waals surface area contributed by atoms with E-state index in [9.17, 15) is 9.59 Å². The molecule has 0 spiro atoms. The summed E-state index contributed by atoms with van der Waals surface area (Å²) in [6, 6.07) is 23.2. The van der Waals surface area contributed by atoms with Crippen LogP contribution in [-0.2, 0) is 0 Å². The second-order valence-corrected chi connectivity index (χ2v) is 7.25. The molecule has 0 aliphatic heterocycles. The summed E-state index contributed by atoms with van der Waals surface area (Å²) in [4.78, 5) is 24.9. The second-order valence-electron chi connectivity index (χ2n) is 7.25. The van der Waals surface area contributed by atoms with Gasteiger partial charge in [0.2, 0.25) is 0 Å². The van der Waals surface area contributed by atoms with Gasteiger partial charge in [0.25, 0.3) is 5.91 Å². The van der Waals surface area contributed by atoms with Gasteiger partial charge >= 0.3 is 5.63 Å². The maximum absolute atomic E-state index is 12.7. The molecule has 0 saturated carbocycles. The summed E-state index contributed by atoms with van der Waals surface area (Å²) in [6.07, 6.45) is 1.68. The van der Waals surface area contributed by atoms with Gasteiger partial charge in [0, 0.05) is 16.6 Å². The molecular weight excluding hydrogens is 420 g/mol. The average Bonchev–Trinajstić information content (AvgIpc) is 3.34. The first-order valence-electron chi connectivity index (χ1n) is 10.1. The topological polar surface area (TPSA) is 99.2 Å². The van der Waals surface area contributed by atoms with Gasteiger partial charge in [-0.15, -0.1) is 5.10 Å². The van der Waals surface area contributed by atoms with Gasteiger partial charge < -0.3 is 14.5 Å². The molecule has 2 aromatic heterocycles. The highest BCUT2D eigenvalue weighted by atomic mass is 16.5. The number of anilines is 1. The summed E-state index contributed by atoms with van der Waals surface area (Å²) < 4.78 is 12.2. The molecule has 5 aromatic rings. The van der Waals surface area contributed by atoms with E-state index in [1.54, 1.807) is 60.5 Å². The van der Waals surface area contributed by atoms with Gasteiger partial charge in [-0.1, -0.05) is 23.4 Å². The Kier molecular flexibility index (Phi) is 5.16. The first kappa shape index (κ1) is 20.2. The monoisotopic (exact) mass is 438 g/mol. The van der Waals surface area contributed by atoms with Crippen LogP contribution >= 0.6 is 0 Å². The Morgan fingerprint density at radius 3 is 2.52 bits per heavy atom. The molecule has 1 N–H and O–H groups in total. The van der Waals surface area contributed by atoms with E-state index in [1.807, 2.05) is 30.3 Å². The molecule has 2 heterocycles. The molecule has 162 valence electrons. The van der Waals surface area contributed by atoms with Gasteiger partial charge in [-0.25, -0.2) is 9.48 Å². The van der Waals surface area contributed by atoms with E-state index in [0.29, 0.717) is 16.7 Å². The number of para-hydroxylation sites is 1. The van der Waals surface area contributed by atoms with Crippen LogP contribution in [-0.4, -0.2) is 28.0 Å². The number of amides is 1. The fourth-order valence-corrected chi connectivity index (χ4v) is 3.49. The van der Waals surface area contributed by atoms with Crippen molar-refractivity contribution in [2.24, 2.45) is 0 Å². The Balaban J connectivity index is 1.38. The van der Waals surface area contributed by atoms with Crippen LogP contribution in [0.1, 0.15) is 10.4 Å². The van der Waals surface area contributed by atoms with Crippen LogP contribution in [0.5, 0.6) is 5.75 Å². The number of fused-ring (bicyclic) bond motifs is 1. The number of carbonyl (C=O) groups is 1. The lowest BCUT2D eigenvalue weighted by Crippen LogP contribution is -2.20. The summed E-state index contributed by atoms with van der Waals surface area (Å²) in [5, 5.41) is 11.6. The molecule has 5 rings (SSSR count). The highest BCUT2D eigenvalue weighted by molar-refractivity contribution is 6.05. The van der Waals surface area contributed by atoms with E-state index in [1.165, 1.54) is 6.07 Å². The number of nitrogens with one attached hydrogen (secondary N) is 1. The Morgan fingerprint density at radius 1 is 1.00 bits per heavy atom. The molecule has 0 unspecified atom stereocenters. The van der Waals surface area contributed by atoms with Crippen molar-refractivity contribution < 1.29 is 13.9 Å². The SMILES string of the molecule is COc1ccc(-c2cnnn2-c2ccc(NC(=O)c3cc4ccccc4oc3=O)cc2)cc1. The number of carbonyl (C=O) groups excluding carboxylic acids is 1. The fourth-order valence-electron chi connectivity index (χ4n) is 3.49. The number of benzene rings is 3. The van der Waals surface area contributed by atoms with E-state index in [4.69, 9.17) is 9.15 Å². The van der Waals surface area contributed by atoms with E-state index in [2.05, 4.69) is 15.6 Å². The number of rotatable bonds is 5. The number of nitrogens with zero attached hydrogens (tertiary/aromatic N) is 3. The minimum absolute atomic E-state index is 0.0594. The van der Waals surface area contributed by atoms with Crippen LogP contribution in [0.25, 0.3) is 27.9 Å². The molecule has 0 aliphatic carbocycles. The molecule has 8 heteroatoms. The smallest absolute Gasteiger partial charge is 0.349 e. The lowest BCUT2D eigenvalue weighted by Gasteiger charge is -2.09. The lowest BCUT2D eigenvalue weighted by atomic mass is 10.1. The van der Waals surface area contributed by atoms with Gasteiger partial charge in [0.15, 0.2) is 0 Å². The van der Waals surface area contributed by atoms with E-state index >= 15 is 0 Å². The van der Waals surface area contributed by atoms with Gasteiger partial charge in [0.1, 0.15) is 16.9 Å². The maximum Gasteiger partial charge on any atom is 0.349 e. The maximum atomic E-state index is 12.7. The standard InChI is InChI=1S/C25H18N4O4/c1-32-20-12-6-16(7-13-20)22-15-26-28-29(22)19-10-8-18(9-11-19)27-24(30)21-14-17-4-2-3-5-23(17)33-25(21)31/h2-15H,1H3,(H,27,30). The number of hydrogen-bond acceptors (Lipinski definition) is 6. The third-order valence-corrected chi connectivity index (χ3v) is 5.19. The number of hydrogen-bond donors (Lipinski definition) is 1. The van der Waals surface area contributed by atoms with E-state index < -0.39 is 11.5 Å². The molecule has 0 bridgehead atoms. The molecule has 0 saturated heterocycles. The zero-order valence-corrected chi connectivity index (χ0v) is 17.6.